The standard InChI is InChI=1S/C24H23FN2O3S/c25-19-9-11-20(12-10-19)31(29,30)27-14-2-4-18(15-27)24(28)26-22-13-8-17-7-6-16-3-1-5-21(22)23(16)17/h1,3,5,8-13,18H,2,4,6-7,14-15H2,(H,26,28). The number of nitrogens with one attached hydrogen (secondary N) is 1. The number of anilines is 1. The van der Waals surface area contributed by atoms with Crippen LogP contribution in [-0.2, 0) is 27.7 Å². The summed E-state index contributed by atoms with van der Waals surface area (Å²) in [5.74, 6) is -1.09. The van der Waals surface area contributed by atoms with Crippen molar-refractivity contribution < 1.29 is 17.6 Å². The van der Waals surface area contributed by atoms with Crippen LogP contribution >= 0.6 is 0 Å². The number of hydrogen-bond acceptors (Lipinski definition) is 3. The highest BCUT2D eigenvalue weighted by molar-refractivity contribution is 7.89. The Labute approximate surface area is 180 Å². The molecule has 3 aromatic rings. The first kappa shape index (κ1) is 20.2. The highest BCUT2D eigenvalue weighted by atomic mass is 32.2. The average molecular weight is 439 g/mol. The second kappa shape index (κ2) is 7.73. The van der Waals surface area contributed by atoms with E-state index in [1.165, 1.54) is 33.0 Å². The fourth-order valence-corrected chi connectivity index (χ4v) is 6.24. The number of amides is 1. The van der Waals surface area contributed by atoms with Crippen LogP contribution in [0.5, 0.6) is 0 Å². The van der Waals surface area contributed by atoms with Crippen molar-refractivity contribution in [2.45, 2.75) is 30.6 Å². The lowest BCUT2D eigenvalue weighted by molar-refractivity contribution is -0.120. The molecule has 0 bridgehead atoms. The Morgan fingerprint density at radius 3 is 2.52 bits per heavy atom. The van der Waals surface area contributed by atoms with E-state index in [0.29, 0.717) is 19.4 Å². The molecule has 0 saturated carbocycles. The predicted molar refractivity (Wildman–Crippen MR) is 118 cm³/mol. The van der Waals surface area contributed by atoms with Crippen molar-refractivity contribution in [3.8, 4) is 0 Å². The molecule has 3 aromatic carbocycles. The van der Waals surface area contributed by atoms with Gasteiger partial charge in [0.1, 0.15) is 5.82 Å². The number of carbonyl (C=O) groups excluding carboxylic acids is 1. The van der Waals surface area contributed by atoms with Crippen molar-refractivity contribution in [1.29, 1.82) is 0 Å². The Morgan fingerprint density at radius 2 is 1.74 bits per heavy atom. The number of benzene rings is 3. The van der Waals surface area contributed by atoms with Crippen molar-refractivity contribution in [2.24, 2.45) is 5.92 Å². The van der Waals surface area contributed by atoms with Gasteiger partial charge in [-0.15, -0.1) is 0 Å². The van der Waals surface area contributed by atoms with E-state index < -0.39 is 21.8 Å². The molecule has 0 spiro atoms. The van der Waals surface area contributed by atoms with Crippen LogP contribution in [0.15, 0.2) is 59.5 Å². The summed E-state index contributed by atoms with van der Waals surface area (Å²) in [6.45, 7) is 0.470. The van der Waals surface area contributed by atoms with Gasteiger partial charge in [0.05, 0.1) is 10.8 Å². The van der Waals surface area contributed by atoms with Crippen LogP contribution in [0.1, 0.15) is 24.0 Å². The fourth-order valence-electron chi connectivity index (χ4n) is 4.72. The Morgan fingerprint density at radius 1 is 1.00 bits per heavy atom. The van der Waals surface area contributed by atoms with Crippen molar-refractivity contribution >= 4 is 32.4 Å². The third kappa shape index (κ3) is 3.62. The molecule has 1 N–H and O–H groups in total. The lowest BCUT2D eigenvalue weighted by Gasteiger charge is -2.31. The minimum atomic E-state index is -3.77. The summed E-state index contributed by atoms with van der Waals surface area (Å²) in [7, 11) is -3.77. The van der Waals surface area contributed by atoms with Crippen LogP contribution in [0.2, 0.25) is 0 Å². The van der Waals surface area contributed by atoms with Gasteiger partial charge in [-0.25, -0.2) is 12.8 Å². The number of carbonyl (C=O) groups is 1. The van der Waals surface area contributed by atoms with Crippen molar-refractivity contribution in [3.05, 3.63) is 71.5 Å². The Kier molecular flexibility index (Phi) is 5.02. The van der Waals surface area contributed by atoms with Crippen LogP contribution in [0.25, 0.3) is 10.8 Å². The molecule has 1 atom stereocenters. The molecule has 1 aliphatic carbocycles. The first-order valence-corrected chi connectivity index (χ1v) is 12.0. The maximum Gasteiger partial charge on any atom is 0.243 e. The van der Waals surface area contributed by atoms with E-state index in [2.05, 4.69) is 17.4 Å². The first-order valence-electron chi connectivity index (χ1n) is 10.5. The second-order valence-corrected chi connectivity index (χ2v) is 10.2. The maximum absolute atomic E-state index is 13.2. The summed E-state index contributed by atoms with van der Waals surface area (Å²) in [4.78, 5) is 13.1. The van der Waals surface area contributed by atoms with Crippen LogP contribution < -0.4 is 5.32 Å². The molecule has 1 saturated heterocycles. The molecule has 5 nitrogen and oxygen atoms in total. The zero-order valence-corrected chi connectivity index (χ0v) is 17.8. The lowest BCUT2D eigenvalue weighted by atomic mass is 9.98. The van der Waals surface area contributed by atoms with Gasteiger partial charge in [0.15, 0.2) is 0 Å². The van der Waals surface area contributed by atoms with Gasteiger partial charge in [0.2, 0.25) is 15.9 Å². The lowest BCUT2D eigenvalue weighted by Crippen LogP contribution is -2.43. The van der Waals surface area contributed by atoms with E-state index >= 15 is 0 Å². The van der Waals surface area contributed by atoms with Crippen molar-refractivity contribution in [3.63, 3.8) is 0 Å². The highest BCUT2D eigenvalue weighted by Gasteiger charge is 2.33. The van der Waals surface area contributed by atoms with Gasteiger partial charge < -0.3 is 5.32 Å². The molecule has 0 radical (unpaired) electrons. The second-order valence-electron chi connectivity index (χ2n) is 8.26. The number of nitrogens with zero attached hydrogens (tertiary/aromatic N) is 1. The van der Waals surface area contributed by atoms with Gasteiger partial charge in [0.25, 0.3) is 0 Å². The summed E-state index contributed by atoms with van der Waals surface area (Å²) in [5.41, 5.74) is 3.38. The summed E-state index contributed by atoms with van der Waals surface area (Å²) in [6.07, 6.45) is 3.26. The van der Waals surface area contributed by atoms with Gasteiger partial charge in [0, 0.05) is 24.2 Å². The van der Waals surface area contributed by atoms with Crippen LogP contribution in [0, 0.1) is 11.7 Å². The van der Waals surface area contributed by atoms with E-state index in [0.717, 1.165) is 36.0 Å². The minimum Gasteiger partial charge on any atom is -0.325 e. The number of halogens is 1. The smallest absolute Gasteiger partial charge is 0.243 e. The number of hydrogen-bond donors (Lipinski definition) is 1. The molecule has 1 amide bonds. The zero-order chi connectivity index (χ0) is 21.6. The van der Waals surface area contributed by atoms with Crippen molar-refractivity contribution in [1.82, 2.24) is 4.31 Å². The van der Waals surface area contributed by atoms with Gasteiger partial charge in [-0.1, -0.05) is 24.3 Å². The summed E-state index contributed by atoms with van der Waals surface area (Å²) in [5, 5.41) is 5.31. The topological polar surface area (TPSA) is 66.5 Å². The molecule has 1 heterocycles. The molecule has 7 heteroatoms. The minimum absolute atomic E-state index is 0.0439. The normalized spacial score (nSPS) is 18.9. The van der Waals surface area contributed by atoms with E-state index in [9.17, 15) is 17.6 Å². The molecule has 1 unspecified atom stereocenters. The maximum atomic E-state index is 13.2. The van der Waals surface area contributed by atoms with Gasteiger partial charge in [-0.05, 0) is 72.5 Å². The summed E-state index contributed by atoms with van der Waals surface area (Å²) in [6, 6.07) is 15.0. The molecular formula is C24H23FN2O3S. The molecule has 160 valence electrons. The van der Waals surface area contributed by atoms with Crippen LogP contribution in [0.4, 0.5) is 10.1 Å². The molecule has 1 fully saturated rings. The quantitative estimate of drug-likeness (QED) is 0.667. The molecule has 31 heavy (non-hydrogen) atoms. The van der Waals surface area contributed by atoms with Gasteiger partial charge >= 0.3 is 0 Å². The highest BCUT2D eigenvalue weighted by Crippen LogP contribution is 2.35. The van der Waals surface area contributed by atoms with Crippen LogP contribution in [0.3, 0.4) is 0 Å². The number of sulfonamides is 1. The SMILES string of the molecule is O=C(Nc1ccc2c3c(cccc13)CC2)C1CCCN(S(=O)(=O)c2ccc(F)cc2)C1. The molecule has 1 aliphatic heterocycles. The zero-order valence-electron chi connectivity index (χ0n) is 17.0. The van der Waals surface area contributed by atoms with Crippen molar-refractivity contribution in [2.75, 3.05) is 18.4 Å². The van der Waals surface area contributed by atoms with Gasteiger partial charge in [-0.2, -0.15) is 4.31 Å². The van der Waals surface area contributed by atoms with E-state index in [4.69, 9.17) is 0 Å². The number of aryl methyl sites for hydroxylation is 2. The Balaban J connectivity index is 1.36. The van der Waals surface area contributed by atoms with E-state index in [-0.39, 0.29) is 17.3 Å². The number of rotatable bonds is 4. The fraction of sp³-hybridized carbons (Fsp3) is 0.292. The summed E-state index contributed by atoms with van der Waals surface area (Å²) < 4.78 is 40.4. The molecule has 0 aromatic heterocycles. The molecule has 2 aliphatic rings. The average Bonchev–Trinajstić information content (AvgIpc) is 3.21. The third-order valence-corrected chi connectivity index (χ3v) is 8.22. The van der Waals surface area contributed by atoms with Gasteiger partial charge in [-0.3, -0.25) is 4.79 Å². The van der Waals surface area contributed by atoms with E-state index in [1.807, 2.05) is 18.2 Å². The number of piperidine rings is 1. The van der Waals surface area contributed by atoms with Crippen LogP contribution in [-0.4, -0.2) is 31.7 Å². The summed E-state index contributed by atoms with van der Waals surface area (Å²) >= 11 is 0. The predicted octanol–water partition coefficient (Wildman–Crippen LogP) is 4.12. The Hall–Kier alpha value is -2.77. The first-order chi connectivity index (χ1) is 14.9. The Bertz CT molecular complexity index is 1260. The third-order valence-electron chi connectivity index (χ3n) is 6.34. The largest absolute Gasteiger partial charge is 0.325 e. The molecular weight excluding hydrogens is 415 g/mol. The molecule has 5 rings (SSSR count). The van der Waals surface area contributed by atoms with E-state index in [1.54, 1.807) is 0 Å². The monoisotopic (exact) mass is 438 g/mol.